The van der Waals surface area contributed by atoms with E-state index in [2.05, 4.69) is 4.99 Å². The number of phenols is 1. The van der Waals surface area contributed by atoms with Crippen LogP contribution < -0.4 is 0 Å². The molecule has 0 aliphatic heterocycles. The zero-order chi connectivity index (χ0) is 14.8. The van der Waals surface area contributed by atoms with Gasteiger partial charge in [0.05, 0.1) is 5.69 Å². The van der Waals surface area contributed by atoms with E-state index in [0.29, 0.717) is 10.6 Å². The normalized spacial score (nSPS) is 11.3. The fraction of sp³-hybridized carbons (Fsp3) is 0.0556. The molecule has 0 unspecified atom stereocenters. The minimum absolute atomic E-state index is 0.220. The van der Waals surface area contributed by atoms with Crippen molar-refractivity contribution in [2.24, 2.45) is 4.99 Å². The highest BCUT2D eigenvalue weighted by molar-refractivity contribution is 6.31. The number of nitrogens with zero attached hydrogens (tertiary/aromatic N) is 1. The lowest BCUT2D eigenvalue weighted by Gasteiger charge is -2.05. The smallest absolute Gasteiger partial charge is 0.124 e. The van der Waals surface area contributed by atoms with Crippen LogP contribution in [0.5, 0.6) is 5.75 Å². The Labute approximate surface area is 128 Å². The average molecular weight is 296 g/mol. The second kappa shape index (κ2) is 5.58. The molecule has 0 radical (unpaired) electrons. The summed E-state index contributed by atoms with van der Waals surface area (Å²) in [5, 5.41) is 12.8. The molecule has 3 aromatic rings. The molecule has 3 heteroatoms. The molecule has 0 aliphatic rings. The Balaban J connectivity index is 2.11. The third-order valence-electron chi connectivity index (χ3n) is 3.52. The van der Waals surface area contributed by atoms with Gasteiger partial charge in [0.15, 0.2) is 0 Å². The van der Waals surface area contributed by atoms with E-state index in [1.165, 1.54) is 0 Å². The summed E-state index contributed by atoms with van der Waals surface area (Å²) in [4.78, 5) is 4.48. The minimum atomic E-state index is 0.220. The third-order valence-corrected chi connectivity index (χ3v) is 3.93. The first-order valence-electron chi connectivity index (χ1n) is 6.67. The Morgan fingerprint density at radius 1 is 1.00 bits per heavy atom. The fourth-order valence-electron chi connectivity index (χ4n) is 2.29. The molecule has 0 amide bonds. The maximum Gasteiger partial charge on any atom is 0.124 e. The van der Waals surface area contributed by atoms with Gasteiger partial charge in [0, 0.05) is 16.8 Å². The lowest BCUT2D eigenvalue weighted by atomic mass is 10.0. The van der Waals surface area contributed by atoms with Crippen molar-refractivity contribution in [3.05, 3.63) is 70.7 Å². The Morgan fingerprint density at radius 3 is 2.67 bits per heavy atom. The van der Waals surface area contributed by atoms with Gasteiger partial charge in [-0.15, -0.1) is 0 Å². The fourth-order valence-corrected chi connectivity index (χ4v) is 2.46. The number of aromatic hydroxyl groups is 1. The van der Waals surface area contributed by atoms with Crippen molar-refractivity contribution in [3.8, 4) is 5.75 Å². The molecule has 3 rings (SSSR count). The van der Waals surface area contributed by atoms with Gasteiger partial charge in [0.2, 0.25) is 0 Å². The van der Waals surface area contributed by atoms with Gasteiger partial charge in [-0.3, -0.25) is 4.99 Å². The highest BCUT2D eigenvalue weighted by Gasteiger charge is 2.05. The van der Waals surface area contributed by atoms with E-state index in [1.807, 2.05) is 55.5 Å². The molecular weight excluding hydrogens is 282 g/mol. The summed E-state index contributed by atoms with van der Waals surface area (Å²) >= 11 is 6.10. The van der Waals surface area contributed by atoms with E-state index in [9.17, 15) is 5.11 Å². The summed E-state index contributed by atoms with van der Waals surface area (Å²) < 4.78 is 0. The zero-order valence-electron chi connectivity index (χ0n) is 11.5. The van der Waals surface area contributed by atoms with Gasteiger partial charge in [0.1, 0.15) is 5.75 Å². The molecule has 0 spiro atoms. The predicted octanol–water partition coefficient (Wildman–Crippen LogP) is 5.26. The second-order valence-electron chi connectivity index (χ2n) is 4.86. The van der Waals surface area contributed by atoms with Crippen LogP contribution in [0.2, 0.25) is 5.02 Å². The molecule has 0 fully saturated rings. The SMILES string of the molecule is Cc1c(Cl)cccc1N=Cc1c(O)ccc2ccccc12. The first kappa shape index (κ1) is 13.7. The van der Waals surface area contributed by atoms with Crippen LogP contribution in [-0.2, 0) is 0 Å². The van der Waals surface area contributed by atoms with Crippen molar-refractivity contribution in [3.63, 3.8) is 0 Å². The van der Waals surface area contributed by atoms with Crippen LogP contribution in [0.25, 0.3) is 10.8 Å². The lowest BCUT2D eigenvalue weighted by molar-refractivity contribution is 0.475. The van der Waals surface area contributed by atoms with Crippen LogP contribution in [0.15, 0.2) is 59.6 Å². The van der Waals surface area contributed by atoms with Crippen molar-refractivity contribution < 1.29 is 5.11 Å². The molecule has 0 saturated heterocycles. The van der Waals surface area contributed by atoms with Crippen molar-refractivity contribution >= 4 is 34.3 Å². The van der Waals surface area contributed by atoms with Crippen LogP contribution in [0.3, 0.4) is 0 Å². The molecule has 0 bridgehead atoms. The lowest BCUT2D eigenvalue weighted by Crippen LogP contribution is -1.86. The molecule has 104 valence electrons. The van der Waals surface area contributed by atoms with Crippen molar-refractivity contribution in [2.45, 2.75) is 6.92 Å². The van der Waals surface area contributed by atoms with E-state index in [-0.39, 0.29) is 5.75 Å². The average Bonchev–Trinajstić information content (AvgIpc) is 2.50. The highest BCUT2D eigenvalue weighted by atomic mass is 35.5. The monoisotopic (exact) mass is 295 g/mol. The minimum Gasteiger partial charge on any atom is -0.507 e. The van der Waals surface area contributed by atoms with Gasteiger partial charge in [-0.1, -0.05) is 48.0 Å². The number of aliphatic imine (C=N–C) groups is 1. The van der Waals surface area contributed by atoms with Crippen LogP contribution in [-0.4, -0.2) is 11.3 Å². The number of benzene rings is 3. The highest BCUT2D eigenvalue weighted by Crippen LogP contribution is 2.28. The van der Waals surface area contributed by atoms with Crippen LogP contribution in [0.4, 0.5) is 5.69 Å². The van der Waals surface area contributed by atoms with E-state index >= 15 is 0 Å². The summed E-state index contributed by atoms with van der Waals surface area (Å²) in [5.74, 6) is 0.220. The summed E-state index contributed by atoms with van der Waals surface area (Å²) in [6.45, 7) is 1.93. The summed E-state index contributed by atoms with van der Waals surface area (Å²) in [6, 6.07) is 17.1. The third kappa shape index (κ3) is 2.63. The molecule has 0 atom stereocenters. The number of hydrogen-bond donors (Lipinski definition) is 1. The Hall–Kier alpha value is -2.32. The molecular formula is C18H14ClNO. The van der Waals surface area contributed by atoms with E-state index in [0.717, 1.165) is 22.0 Å². The Kier molecular flexibility index (Phi) is 3.63. The molecule has 0 aliphatic carbocycles. The summed E-state index contributed by atoms with van der Waals surface area (Å²) in [7, 11) is 0. The number of phenolic OH excluding ortho intramolecular Hbond substituents is 1. The molecule has 1 N–H and O–H groups in total. The maximum atomic E-state index is 10.1. The maximum absolute atomic E-state index is 10.1. The molecule has 0 aromatic heterocycles. The van der Waals surface area contributed by atoms with Crippen molar-refractivity contribution in [1.82, 2.24) is 0 Å². The predicted molar refractivity (Wildman–Crippen MR) is 89.1 cm³/mol. The van der Waals surface area contributed by atoms with Crippen LogP contribution >= 0.6 is 11.6 Å². The van der Waals surface area contributed by atoms with E-state index in [1.54, 1.807) is 12.3 Å². The Bertz CT molecular complexity index is 840. The van der Waals surface area contributed by atoms with Crippen molar-refractivity contribution in [1.29, 1.82) is 0 Å². The number of hydrogen-bond acceptors (Lipinski definition) is 2. The molecule has 2 nitrogen and oxygen atoms in total. The van der Waals surface area contributed by atoms with Gasteiger partial charge in [-0.05, 0) is 41.5 Å². The molecule has 21 heavy (non-hydrogen) atoms. The summed E-state index contributed by atoms with van der Waals surface area (Å²) in [5.41, 5.74) is 2.44. The number of fused-ring (bicyclic) bond motifs is 1. The van der Waals surface area contributed by atoms with Gasteiger partial charge < -0.3 is 5.11 Å². The molecule has 3 aromatic carbocycles. The van der Waals surface area contributed by atoms with Gasteiger partial charge >= 0.3 is 0 Å². The van der Waals surface area contributed by atoms with E-state index in [4.69, 9.17) is 11.6 Å². The number of halogens is 1. The first-order valence-corrected chi connectivity index (χ1v) is 7.04. The van der Waals surface area contributed by atoms with Crippen LogP contribution in [0.1, 0.15) is 11.1 Å². The Morgan fingerprint density at radius 2 is 1.81 bits per heavy atom. The van der Waals surface area contributed by atoms with Gasteiger partial charge in [0.25, 0.3) is 0 Å². The number of rotatable bonds is 2. The summed E-state index contributed by atoms with van der Waals surface area (Å²) in [6.07, 6.45) is 1.69. The van der Waals surface area contributed by atoms with Gasteiger partial charge in [-0.2, -0.15) is 0 Å². The van der Waals surface area contributed by atoms with Gasteiger partial charge in [-0.25, -0.2) is 0 Å². The van der Waals surface area contributed by atoms with E-state index < -0.39 is 0 Å². The quantitative estimate of drug-likeness (QED) is 0.643. The molecule has 0 saturated carbocycles. The van der Waals surface area contributed by atoms with Crippen LogP contribution in [0, 0.1) is 6.92 Å². The zero-order valence-corrected chi connectivity index (χ0v) is 12.3. The first-order chi connectivity index (χ1) is 10.2. The van der Waals surface area contributed by atoms with Crippen molar-refractivity contribution in [2.75, 3.05) is 0 Å². The topological polar surface area (TPSA) is 32.6 Å². The standard InChI is InChI=1S/C18H14ClNO/c1-12-16(19)7-4-8-17(12)20-11-15-14-6-3-2-5-13(14)9-10-18(15)21/h2-11,21H,1H3. The largest absolute Gasteiger partial charge is 0.507 e. The molecule has 0 heterocycles. The second-order valence-corrected chi connectivity index (χ2v) is 5.27.